The minimum absolute atomic E-state index is 0.743. The first-order valence-electron chi connectivity index (χ1n) is 4.45. The highest BCUT2D eigenvalue weighted by molar-refractivity contribution is 9.10. The summed E-state index contributed by atoms with van der Waals surface area (Å²) in [4.78, 5) is 0. The molecule has 1 aromatic carbocycles. The highest BCUT2D eigenvalue weighted by Crippen LogP contribution is 2.15. The second-order valence-corrected chi connectivity index (χ2v) is 4.52. The van der Waals surface area contributed by atoms with Crippen LogP contribution in [0.5, 0.6) is 0 Å². The largest absolute Gasteiger partial charge is 0.158 e. The summed E-state index contributed by atoms with van der Waals surface area (Å²) in [5.41, 5.74) is 2.06. The molecule has 2 rings (SSSR count). The Morgan fingerprint density at radius 3 is 2.87 bits per heavy atom. The van der Waals surface area contributed by atoms with Crippen LogP contribution in [0.2, 0.25) is 5.02 Å². The van der Waals surface area contributed by atoms with E-state index in [1.54, 1.807) is 6.20 Å². The smallest absolute Gasteiger partial charge is 0.0686 e. The summed E-state index contributed by atoms with van der Waals surface area (Å²) >= 11 is 9.26. The summed E-state index contributed by atoms with van der Waals surface area (Å²) in [6, 6.07) is 9.70. The van der Waals surface area contributed by atoms with E-state index in [0.29, 0.717) is 0 Å². The van der Waals surface area contributed by atoms with Gasteiger partial charge in [-0.25, -0.2) is 0 Å². The zero-order valence-corrected chi connectivity index (χ0v) is 10.2. The average Bonchev–Trinajstić information content (AvgIpc) is 2.17. The molecule has 0 atom stereocenters. The summed E-state index contributed by atoms with van der Waals surface area (Å²) in [7, 11) is 0. The summed E-state index contributed by atoms with van der Waals surface area (Å²) in [5.74, 6) is 0. The van der Waals surface area contributed by atoms with Crippen molar-refractivity contribution in [2.75, 3.05) is 0 Å². The molecule has 15 heavy (non-hydrogen) atoms. The molecular formula is C11H8BrClN2. The van der Waals surface area contributed by atoms with Gasteiger partial charge in [0.2, 0.25) is 0 Å². The number of rotatable bonds is 2. The van der Waals surface area contributed by atoms with Crippen LogP contribution in [0.25, 0.3) is 0 Å². The number of nitrogens with zero attached hydrogens (tertiary/aromatic N) is 2. The first kappa shape index (κ1) is 10.6. The summed E-state index contributed by atoms with van der Waals surface area (Å²) in [5, 5.41) is 8.66. The molecule has 2 aromatic rings. The first-order valence-corrected chi connectivity index (χ1v) is 5.63. The predicted molar refractivity (Wildman–Crippen MR) is 64.0 cm³/mol. The lowest BCUT2D eigenvalue weighted by atomic mass is 10.1. The van der Waals surface area contributed by atoms with Gasteiger partial charge in [0.1, 0.15) is 0 Å². The molecule has 0 N–H and O–H groups in total. The van der Waals surface area contributed by atoms with Crippen LogP contribution in [0.4, 0.5) is 0 Å². The molecule has 0 saturated heterocycles. The third kappa shape index (κ3) is 3.01. The van der Waals surface area contributed by atoms with E-state index < -0.39 is 0 Å². The molecule has 76 valence electrons. The summed E-state index contributed by atoms with van der Waals surface area (Å²) in [6.07, 6.45) is 2.41. The van der Waals surface area contributed by atoms with Gasteiger partial charge in [-0.2, -0.15) is 10.2 Å². The van der Waals surface area contributed by atoms with Gasteiger partial charge in [0.05, 0.1) is 11.9 Å². The normalized spacial score (nSPS) is 10.3. The zero-order chi connectivity index (χ0) is 10.7. The monoisotopic (exact) mass is 282 g/mol. The van der Waals surface area contributed by atoms with Crippen molar-refractivity contribution in [3.63, 3.8) is 0 Å². The summed E-state index contributed by atoms with van der Waals surface area (Å²) in [6.45, 7) is 0. The highest BCUT2D eigenvalue weighted by Gasteiger charge is 1.99. The molecule has 1 aromatic heterocycles. The van der Waals surface area contributed by atoms with Crippen LogP contribution in [0, 0.1) is 0 Å². The second kappa shape index (κ2) is 4.73. The maximum absolute atomic E-state index is 5.90. The van der Waals surface area contributed by atoms with E-state index in [1.165, 1.54) is 0 Å². The van der Waals surface area contributed by atoms with E-state index in [0.717, 1.165) is 27.2 Å². The van der Waals surface area contributed by atoms with Crippen molar-refractivity contribution in [2.45, 2.75) is 6.42 Å². The van der Waals surface area contributed by atoms with Crippen molar-refractivity contribution >= 4 is 27.5 Å². The maximum Gasteiger partial charge on any atom is 0.0686 e. The van der Waals surface area contributed by atoms with Gasteiger partial charge in [0.25, 0.3) is 0 Å². The highest BCUT2D eigenvalue weighted by atomic mass is 79.9. The van der Waals surface area contributed by atoms with Gasteiger partial charge in [-0.1, -0.05) is 23.7 Å². The summed E-state index contributed by atoms with van der Waals surface area (Å²) < 4.78 is 0.939. The van der Waals surface area contributed by atoms with Crippen LogP contribution in [0.3, 0.4) is 0 Å². The van der Waals surface area contributed by atoms with Crippen molar-refractivity contribution in [1.29, 1.82) is 0 Å². The van der Waals surface area contributed by atoms with Crippen molar-refractivity contribution in [3.8, 4) is 0 Å². The molecule has 0 spiro atoms. The van der Waals surface area contributed by atoms with Crippen LogP contribution < -0.4 is 0 Å². The number of hydrogen-bond donors (Lipinski definition) is 0. The minimum atomic E-state index is 0.743. The fourth-order valence-electron chi connectivity index (χ4n) is 1.33. The Hall–Kier alpha value is -0.930. The first-order chi connectivity index (χ1) is 7.24. The maximum atomic E-state index is 5.90. The van der Waals surface area contributed by atoms with Crippen LogP contribution >= 0.6 is 27.5 Å². The lowest BCUT2D eigenvalue weighted by Gasteiger charge is -2.01. The van der Waals surface area contributed by atoms with Gasteiger partial charge >= 0.3 is 0 Å². The standard InChI is InChI=1S/C11H8BrClN2/c12-9-6-11(15-14-7-9)5-8-2-1-3-10(13)4-8/h1-4,6-7H,5H2. The molecular weight excluding hydrogens is 275 g/mol. The van der Waals surface area contributed by atoms with E-state index in [2.05, 4.69) is 26.1 Å². The van der Waals surface area contributed by atoms with Gasteiger partial charge < -0.3 is 0 Å². The molecule has 0 aliphatic carbocycles. The van der Waals surface area contributed by atoms with Gasteiger partial charge in [-0.3, -0.25) is 0 Å². The third-order valence-electron chi connectivity index (χ3n) is 1.95. The zero-order valence-electron chi connectivity index (χ0n) is 7.82. The third-order valence-corrected chi connectivity index (χ3v) is 2.61. The van der Waals surface area contributed by atoms with Crippen molar-refractivity contribution < 1.29 is 0 Å². The van der Waals surface area contributed by atoms with E-state index >= 15 is 0 Å². The van der Waals surface area contributed by atoms with E-state index in [9.17, 15) is 0 Å². The quantitative estimate of drug-likeness (QED) is 0.843. The Bertz CT molecular complexity index is 430. The molecule has 0 unspecified atom stereocenters. The van der Waals surface area contributed by atoms with Crippen molar-refractivity contribution in [2.24, 2.45) is 0 Å². The van der Waals surface area contributed by atoms with Crippen LogP contribution in [0.1, 0.15) is 11.3 Å². The molecule has 0 radical (unpaired) electrons. The number of benzene rings is 1. The second-order valence-electron chi connectivity index (χ2n) is 3.17. The Kier molecular flexibility index (Phi) is 3.34. The molecule has 2 nitrogen and oxygen atoms in total. The molecule has 1 heterocycles. The van der Waals surface area contributed by atoms with Gasteiger partial charge in [0.15, 0.2) is 0 Å². The van der Waals surface area contributed by atoms with Crippen molar-refractivity contribution in [3.05, 3.63) is 57.3 Å². The van der Waals surface area contributed by atoms with Crippen LogP contribution in [0.15, 0.2) is 41.0 Å². The minimum Gasteiger partial charge on any atom is -0.158 e. The molecule has 0 aliphatic rings. The van der Waals surface area contributed by atoms with Gasteiger partial charge in [-0.05, 0) is 39.7 Å². The fraction of sp³-hybridized carbons (Fsp3) is 0.0909. The van der Waals surface area contributed by atoms with Gasteiger partial charge in [0, 0.05) is 15.9 Å². The van der Waals surface area contributed by atoms with Crippen molar-refractivity contribution in [1.82, 2.24) is 10.2 Å². The number of aromatic nitrogens is 2. The molecule has 0 amide bonds. The van der Waals surface area contributed by atoms with Gasteiger partial charge in [-0.15, -0.1) is 0 Å². The average molecular weight is 284 g/mol. The lowest BCUT2D eigenvalue weighted by Crippen LogP contribution is -1.94. The molecule has 0 saturated carbocycles. The SMILES string of the molecule is Clc1cccc(Cc2cc(Br)cnn2)c1. The molecule has 4 heteroatoms. The Labute approximate surface area is 101 Å². The Morgan fingerprint density at radius 1 is 1.27 bits per heavy atom. The number of hydrogen-bond acceptors (Lipinski definition) is 2. The molecule has 0 fully saturated rings. The molecule has 0 aliphatic heterocycles. The van der Waals surface area contributed by atoms with Crippen LogP contribution in [-0.4, -0.2) is 10.2 Å². The molecule has 0 bridgehead atoms. The van der Waals surface area contributed by atoms with E-state index in [-0.39, 0.29) is 0 Å². The Morgan fingerprint density at radius 2 is 2.13 bits per heavy atom. The van der Waals surface area contributed by atoms with Crippen LogP contribution in [-0.2, 0) is 6.42 Å². The topological polar surface area (TPSA) is 25.8 Å². The lowest BCUT2D eigenvalue weighted by molar-refractivity contribution is 0.931. The van der Waals surface area contributed by atoms with E-state index in [4.69, 9.17) is 11.6 Å². The number of halogens is 2. The fourth-order valence-corrected chi connectivity index (χ4v) is 1.89. The predicted octanol–water partition coefficient (Wildman–Crippen LogP) is 3.48. The Balaban J connectivity index is 2.22. The van der Waals surface area contributed by atoms with E-state index in [1.807, 2.05) is 30.3 Å².